The number of rotatable bonds is 4. The van der Waals surface area contributed by atoms with Gasteiger partial charge in [0.1, 0.15) is 16.7 Å². The summed E-state index contributed by atoms with van der Waals surface area (Å²) in [5.41, 5.74) is 0.242. The number of nitrogens with zero attached hydrogens (tertiary/aromatic N) is 2. The lowest BCUT2D eigenvalue weighted by Gasteiger charge is -2.37. The number of halogens is 3. The molecule has 2 aromatic rings. The average Bonchev–Trinajstić information content (AvgIpc) is 3.12. The second kappa shape index (κ2) is 7.02. The van der Waals surface area contributed by atoms with Crippen molar-refractivity contribution in [3.05, 3.63) is 41.2 Å². The number of hydrogen-bond donors (Lipinski definition) is 1. The van der Waals surface area contributed by atoms with Crippen LogP contribution in [0.1, 0.15) is 42.6 Å². The molecule has 1 aromatic heterocycles. The molecule has 29 heavy (non-hydrogen) atoms. The summed E-state index contributed by atoms with van der Waals surface area (Å²) in [6.45, 7) is 3.36. The number of alkyl halides is 3. The second-order valence-corrected chi connectivity index (χ2v) is 9.50. The number of nitrogens with one attached hydrogen (secondary N) is 1. The molecule has 0 aliphatic carbocycles. The molecule has 3 heterocycles. The number of aryl methyl sites for hydroxylation is 2. The Morgan fingerprint density at radius 1 is 1.10 bits per heavy atom. The molecule has 4 rings (SSSR count). The largest absolute Gasteiger partial charge is 0.490 e. The molecule has 0 amide bonds. The maximum absolute atomic E-state index is 13.3. The fraction of sp³-hybridized carbons (Fsp3) is 0.526. The first kappa shape index (κ1) is 20.2. The number of aromatic nitrogens is 2. The smallest absolute Gasteiger partial charge is 0.416 e. The van der Waals surface area contributed by atoms with E-state index in [2.05, 4.69) is 10.2 Å². The molecule has 1 N–H and O–H groups in total. The summed E-state index contributed by atoms with van der Waals surface area (Å²) in [6, 6.07) is 4.24. The zero-order chi connectivity index (χ0) is 21.0. The Hall–Kier alpha value is -2.07. The van der Waals surface area contributed by atoms with Gasteiger partial charge >= 0.3 is 6.18 Å². The van der Waals surface area contributed by atoms with Crippen LogP contribution in [0.25, 0.3) is 0 Å². The highest BCUT2D eigenvalue weighted by atomic mass is 32.2. The van der Waals surface area contributed by atoms with Crippen LogP contribution < -0.4 is 4.74 Å². The SMILES string of the molecule is Cc1n[nH]c(C)c1S(=O)(=O)N1[C@@H]2CC[C@H]1CC(Oc1ccc(C(F)(F)F)cc1)C2. The molecule has 158 valence electrons. The normalized spacial score (nSPS) is 25.3. The molecule has 0 spiro atoms. The molecule has 2 fully saturated rings. The first-order valence-electron chi connectivity index (χ1n) is 9.46. The average molecular weight is 429 g/mol. The van der Waals surface area contributed by atoms with Gasteiger partial charge in [0.2, 0.25) is 10.0 Å². The number of fused-ring (bicyclic) bond motifs is 2. The van der Waals surface area contributed by atoms with Crippen molar-refractivity contribution in [3.63, 3.8) is 0 Å². The van der Waals surface area contributed by atoms with Crippen LogP contribution in [-0.4, -0.2) is 41.1 Å². The Balaban J connectivity index is 1.50. The molecule has 0 saturated carbocycles. The summed E-state index contributed by atoms with van der Waals surface area (Å²) in [5, 5.41) is 6.74. The lowest BCUT2D eigenvalue weighted by Crippen LogP contribution is -2.49. The standard InChI is InChI=1S/C19H22F3N3O3S/c1-11-18(12(2)24-23-11)29(26,27)25-14-5-6-15(25)10-17(9-14)28-16-7-3-13(4-8-16)19(20,21)22/h3-4,7-8,14-15,17H,5-6,9-10H2,1-2H3,(H,23,24)/t14-,15+,17?. The van der Waals surface area contributed by atoms with Crippen LogP contribution in [0.5, 0.6) is 5.75 Å². The minimum absolute atomic E-state index is 0.188. The molecule has 0 radical (unpaired) electrons. The van der Waals surface area contributed by atoms with Crippen LogP contribution >= 0.6 is 0 Å². The van der Waals surface area contributed by atoms with Gasteiger partial charge in [-0.2, -0.15) is 22.6 Å². The van der Waals surface area contributed by atoms with E-state index in [1.165, 1.54) is 12.1 Å². The highest BCUT2D eigenvalue weighted by Gasteiger charge is 2.49. The fourth-order valence-corrected chi connectivity index (χ4v) is 6.74. The van der Waals surface area contributed by atoms with Gasteiger partial charge in [-0.25, -0.2) is 8.42 Å². The topological polar surface area (TPSA) is 75.3 Å². The minimum atomic E-state index is -4.39. The second-order valence-electron chi connectivity index (χ2n) is 7.72. The van der Waals surface area contributed by atoms with Gasteiger partial charge in [-0.05, 0) is 51.0 Å². The Bertz CT molecular complexity index is 968. The van der Waals surface area contributed by atoms with Crippen LogP contribution in [0, 0.1) is 13.8 Å². The van der Waals surface area contributed by atoms with E-state index in [-0.39, 0.29) is 23.1 Å². The van der Waals surface area contributed by atoms with Crippen LogP contribution in [-0.2, 0) is 16.2 Å². The van der Waals surface area contributed by atoms with Crippen LogP contribution in [0.4, 0.5) is 13.2 Å². The molecule has 1 unspecified atom stereocenters. The third-order valence-corrected chi connectivity index (χ3v) is 7.97. The summed E-state index contributed by atoms with van der Waals surface area (Å²) in [4.78, 5) is 0.233. The Labute approximate surface area is 167 Å². The Morgan fingerprint density at radius 2 is 1.69 bits per heavy atom. The highest BCUT2D eigenvalue weighted by Crippen LogP contribution is 2.42. The zero-order valence-electron chi connectivity index (χ0n) is 16.0. The van der Waals surface area contributed by atoms with Crippen molar-refractivity contribution in [1.29, 1.82) is 0 Å². The monoisotopic (exact) mass is 429 g/mol. The number of H-pyrrole nitrogens is 1. The molecule has 2 aliphatic rings. The first-order valence-corrected chi connectivity index (χ1v) is 10.9. The van der Waals surface area contributed by atoms with E-state index in [9.17, 15) is 21.6 Å². The van der Waals surface area contributed by atoms with Gasteiger partial charge in [0.05, 0.1) is 17.0 Å². The summed E-state index contributed by atoms with van der Waals surface area (Å²) >= 11 is 0. The van der Waals surface area contributed by atoms with Crippen LogP contribution in [0.2, 0.25) is 0 Å². The van der Waals surface area contributed by atoms with Gasteiger partial charge in [-0.1, -0.05) is 0 Å². The number of piperidine rings is 1. The van der Waals surface area contributed by atoms with Gasteiger partial charge in [0, 0.05) is 24.9 Å². The summed E-state index contributed by atoms with van der Waals surface area (Å²) in [7, 11) is -3.68. The number of sulfonamides is 1. The number of ether oxygens (including phenoxy) is 1. The van der Waals surface area contributed by atoms with E-state index in [4.69, 9.17) is 4.74 Å². The third kappa shape index (κ3) is 3.63. The molecule has 1 aromatic carbocycles. The van der Waals surface area contributed by atoms with E-state index in [1.807, 2.05) is 0 Å². The van der Waals surface area contributed by atoms with Gasteiger partial charge < -0.3 is 4.74 Å². The quantitative estimate of drug-likeness (QED) is 0.802. The van der Waals surface area contributed by atoms with Crippen molar-refractivity contribution >= 4 is 10.0 Å². The van der Waals surface area contributed by atoms with Crippen molar-refractivity contribution in [2.45, 2.75) is 68.8 Å². The summed E-state index contributed by atoms with van der Waals surface area (Å²) < 4.78 is 72.1. The van der Waals surface area contributed by atoms with Crippen molar-refractivity contribution in [2.24, 2.45) is 0 Å². The van der Waals surface area contributed by atoms with E-state index >= 15 is 0 Å². The highest BCUT2D eigenvalue weighted by molar-refractivity contribution is 7.89. The number of aromatic amines is 1. The molecule has 6 nitrogen and oxygen atoms in total. The molecular weight excluding hydrogens is 407 g/mol. The Morgan fingerprint density at radius 3 is 2.17 bits per heavy atom. The summed E-state index contributed by atoms with van der Waals surface area (Å²) in [5.74, 6) is 0.361. The van der Waals surface area contributed by atoms with Crippen molar-refractivity contribution in [2.75, 3.05) is 0 Å². The van der Waals surface area contributed by atoms with Gasteiger partial charge in [-0.3, -0.25) is 5.10 Å². The van der Waals surface area contributed by atoms with E-state index < -0.39 is 21.8 Å². The van der Waals surface area contributed by atoms with E-state index in [1.54, 1.807) is 18.2 Å². The fourth-order valence-electron chi connectivity index (χ4n) is 4.51. The molecular formula is C19H22F3N3O3S. The van der Waals surface area contributed by atoms with Gasteiger partial charge in [0.25, 0.3) is 0 Å². The lowest BCUT2D eigenvalue weighted by molar-refractivity contribution is -0.137. The van der Waals surface area contributed by atoms with E-state index in [0.29, 0.717) is 30.0 Å². The van der Waals surface area contributed by atoms with Gasteiger partial charge in [0.15, 0.2) is 0 Å². The van der Waals surface area contributed by atoms with Crippen molar-refractivity contribution in [3.8, 4) is 5.75 Å². The van der Waals surface area contributed by atoms with Crippen LogP contribution in [0.15, 0.2) is 29.2 Å². The molecule has 10 heteroatoms. The van der Waals surface area contributed by atoms with E-state index in [0.717, 1.165) is 25.0 Å². The van der Waals surface area contributed by atoms with Crippen molar-refractivity contribution < 1.29 is 26.3 Å². The maximum Gasteiger partial charge on any atom is 0.416 e. The molecule has 2 saturated heterocycles. The van der Waals surface area contributed by atoms with Gasteiger partial charge in [-0.15, -0.1) is 0 Å². The number of benzene rings is 1. The first-order chi connectivity index (χ1) is 13.6. The predicted octanol–water partition coefficient (Wildman–Crippen LogP) is 3.81. The lowest BCUT2D eigenvalue weighted by atomic mass is 10.0. The third-order valence-electron chi connectivity index (χ3n) is 5.70. The minimum Gasteiger partial charge on any atom is -0.490 e. The van der Waals surface area contributed by atoms with Crippen LogP contribution in [0.3, 0.4) is 0 Å². The number of hydrogen-bond acceptors (Lipinski definition) is 4. The predicted molar refractivity (Wildman–Crippen MR) is 99.0 cm³/mol. The zero-order valence-corrected chi connectivity index (χ0v) is 16.8. The van der Waals surface area contributed by atoms with Crippen molar-refractivity contribution in [1.82, 2.24) is 14.5 Å². The Kier molecular flexibility index (Phi) is 4.89. The summed E-state index contributed by atoms with van der Waals surface area (Å²) in [6.07, 6.45) is -2.12. The maximum atomic E-state index is 13.3. The molecule has 2 aliphatic heterocycles. The molecule has 3 atom stereocenters. The molecule has 2 bridgehead atoms.